The van der Waals surface area contributed by atoms with Crippen molar-refractivity contribution in [3.63, 3.8) is 0 Å². The summed E-state index contributed by atoms with van der Waals surface area (Å²) >= 11 is 0. The number of para-hydroxylation sites is 1. The van der Waals surface area contributed by atoms with Crippen LogP contribution in [0.25, 0.3) is 0 Å². The summed E-state index contributed by atoms with van der Waals surface area (Å²) in [5.74, 6) is -2.57. The maximum Gasteiger partial charge on any atom is 0.248 e. The molecule has 0 saturated carbocycles. The van der Waals surface area contributed by atoms with Crippen LogP contribution in [0.2, 0.25) is 0 Å². The van der Waals surface area contributed by atoms with Gasteiger partial charge in [0.2, 0.25) is 17.7 Å². The summed E-state index contributed by atoms with van der Waals surface area (Å²) in [6, 6.07) is 18.0. The Balaban J connectivity index is 1.57. The van der Waals surface area contributed by atoms with Crippen LogP contribution in [0.3, 0.4) is 0 Å². The predicted octanol–water partition coefficient (Wildman–Crippen LogP) is 3.42. The Morgan fingerprint density at radius 1 is 1.05 bits per heavy atom. The average molecular weight is 558 g/mol. The first-order valence-electron chi connectivity index (χ1n) is 14.3. The number of amides is 3. The van der Waals surface area contributed by atoms with Crippen molar-refractivity contribution in [1.82, 2.24) is 9.80 Å². The van der Waals surface area contributed by atoms with Gasteiger partial charge in [-0.3, -0.25) is 14.4 Å². The number of hydrogen-bond donors (Lipinski definition) is 1. The van der Waals surface area contributed by atoms with E-state index in [1.54, 1.807) is 22.0 Å². The number of hydrogen-bond acceptors (Lipinski definition) is 5. The Labute approximate surface area is 241 Å². The van der Waals surface area contributed by atoms with Gasteiger partial charge in [0.1, 0.15) is 11.6 Å². The second kappa shape index (κ2) is 11.3. The van der Waals surface area contributed by atoms with E-state index in [1.165, 1.54) is 4.90 Å². The standard InChI is InChI=1S/C33H39N3O5/c1-5-17-34(22-24-13-9-7-10-14-24)31(40)28-33-21-23(3)32(4,41-33)26(27(33)30(39)36(28)19-20-37)29(38)35(18-6-2)25-15-11-8-12-16-25/h5-16,23,26-28,37H,1-2,17-22H2,3-4H3/t23?,26-,27+,28?,32+,33?/m1/s1. The highest BCUT2D eigenvalue weighted by molar-refractivity contribution is 6.03. The molecule has 0 radical (unpaired) electrons. The molecule has 5 rings (SSSR count). The minimum Gasteiger partial charge on any atom is -0.395 e. The molecule has 41 heavy (non-hydrogen) atoms. The lowest BCUT2D eigenvalue weighted by Crippen LogP contribution is -2.57. The van der Waals surface area contributed by atoms with Gasteiger partial charge in [-0.1, -0.05) is 67.6 Å². The molecule has 8 heteroatoms. The second-order valence-corrected chi connectivity index (χ2v) is 11.5. The Morgan fingerprint density at radius 3 is 2.29 bits per heavy atom. The van der Waals surface area contributed by atoms with E-state index in [1.807, 2.05) is 74.5 Å². The largest absolute Gasteiger partial charge is 0.395 e. The number of nitrogens with zero attached hydrogens (tertiary/aromatic N) is 3. The number of rotatable bonds is 11. The van der Waals surface area contributed by atoms with Gasteiger partial charge in [-0.15, -0.1) is 13.2 Å². The molecule has 1 N–H and O–H groups in total. The van der Waals surface area contributed by atoms with Crippen LogP contribution in [0.1, 0.15) is 25.8 Å². The summed E-state index contributed by atoms with van der Waals surface area (Å²) < 4.78 is 6.85. The van der Waals surface area contributed by atoms with Crippen molar-refractivity contribution >= 4 is 23.4 Å². The molecular formula is C33H39N3O5. The molecule has 8 nitrogen and oxygen atoms in total. The maximum atomic E-state index is 14.5. The summed E-state index contributed by atoms with van der Waals surface area (Å²) in [4.78, 5) is 47.9. The highest BCUT2D eigenvalue weighted by Crippen LogP contribution is 2.65. The zero-order valence-electron chi connectivity index (χ0n) is 23.8. The third kappa shape index (κ3) is 4.59. The second-order valence-electron chi connectivity index (χ2n) is 11.5. The number of fused-ring (bicyclic) bond motifs is 1. The molecule has 2 bridgehead atoms. The number of aliphatic hydroxyl groups excluding tert-OH is 1. The molecule has 3 aliphatic rings. The van der Waals surface area contributed by atoms with Crippen LogP contribution in [-0.4, -0.2) is 76.1 Å². The van der Waals surface area contributed by atoms with Gasteiger partial charge in [0.25, 0.3) is 0 Å². The molecule has 6 atom stereocenters. The lowest BCUT2D eigenvalue weighted by molar-refractivity contribution is -0.152. The van der Waals surface area contributed by atoms with Gasteiger partial charge < -0.3 is 24.5 Å². The van der Waals surface area contributed by atoms with Crippen molar-refractivity contribution in [3.8, 4) is 0 Å². The SMILES string of the molecule is C=CCN(Cc1ccccc1)C(=O)C1N(CCO)C(=O)[C@@H]2[C@H](C(=O)N(CC=C)c3ccccc3)[C@@]3(C)OC12CC3C. The van der Waals surface area contributed by atoms with Crippen molar-refractivity contribution in [1.29, 1.82) is 0 Å². The molecule has 216 valence electrons. The molecule has 3 unspecified atom stereocenters. The Kier molecular flexibility index (Phi) is 7.90. The van der Waals surface area contributed by atoms with E-state index in [4.69, 9.17) is 4.74 Å². The topological polar surface area (TPSA) is 90.4 Å². The number of anilines is 1. The quantitative estimate of drug-likeness (QED) is 0.428. The van der Waals surface area contributed by atoms with E-state index in [0.29, 0.717) is 18.7 Å². The van der Waals surface area contributed by atoms with Crippen molar-refractivity contribution < 1.29 is 24.2 Å². The van der Waals surface area contributed by atoms with E-state index >= 15 is 0 Å². The number of ether oxygens (including phenoxy) is 1. The molecule has 3 fully saturated rings. The van der Waals surface area contributed by atoms with Crippen LogP contribution in [0.5, 0.6) is 0 Å². The molecule has 2 aromatic rings. The summed E-state index contributed by atoms with van der Waals surface area (Å²) in [6.07, 6.45) is 3.79. The maximum absolute atomic E-state index is 14.5. The predicted molar refractivity (Wildman–Crippen MR) is 157 cm³/mol. The number of carbonyl (C=O) groups excluding carboxylic acids is 3. The van der Waals surface area contributed by atoms with Crippen molar-refractivity contribution in [2.24, 2.45) is 17.8 Å². The summed E-state index contributed by atoms with van der Waals surface area (Å²) in [7, 11) is 0. The van der Waals surface area contributed by atoms with Crippen LogP contribution in [0, 0.1) is 17.8 Å². The normalized spacial score (nSPS) is 29.7. The number of likely N-dealkylation sites (tertiary alicyclic amines) is 1. The highest BCUT2D eigenvalue weighted by Gasteiger charge is 2.80. The van der Waals surface area contributed by atoms with Crippen LogP contribution in [-0.2, 0) is 25.7 Å². The smallest absolute Gasteiger partial charge is 0.248 e. The molecule has 0 aromatic heterocycles. The highest BCUT2D eigenvalue weighted by atomic mass is 16.5. The van der Waals surface area contributed by atoms with Gasteiger partial charge >= 0.3 is 0 Å². The lowest BCUT2D eigenvalue weighted by Gasteiger charge is -2.39. The molecule has 3 amide bonds. The van der Waals surface area contributed by atoms with Crippen molar-refractivity contribution in [3.05, 3.63) is 91.5 Å². The molecule has 3 heterocycles. The van der Waals surface area contributed by atoms with Gasteiger partial charge in [0, 0.05) is 31.9 Å². The Hall–Kier alpha value is -3.75. The first-order chi connectivity index (χ1) is 19.7. The summed E-state index contributed by atoms with van der Waals surface area (Å²) in [5.41, 5.74) is -0.485. The third-order valence-electron chi connectivity index (χ3n) is 9.18. The van der Waals surface area contributed by atoms with Gasteiger partial charge in [-0.2, -0.15) is 0 Å². The van der Waals surface area contributed by atoms with E-state index in [0.717, 1.165) is 5.56 Å². The average Bonchev–Trinajstić information content (AvgIpc) is 3.48. The number of benzene rings is 2. The van der Waals surface area contributed by atoms with Crippen LogP contribution in [0.15, 0.2) is 86.0 Å². The van der Waals surface area contributed by atoms with E-state index < -0.39 is 29.1 Å². The zero-order chi connectivity index (χ0) is 29.4. The first-order valence-corrected chi connectivity index (χ1v) is 14.3. The van der Waals surface area contributed by atoms with Crippen LogP contribution < -0.4 is 4.90 Å². The molecular weight excluding hydrogens is 518 g/mol. The molecule has 0 aliphatic carbocycles. The minimum atomic E-state index is -1.19. The van der Waals surface area contributed by atoms with Gasteiger partial charge in [0.15, 0.2) is 0 Å². The van der Waals surface area contributed by atoms with Gasteiger partial charge in [-0.25, -0.2) is 0 Å². The number of β-amino-alcohol motifs (C(OH)–C–C–N with tert-alkyl or cyclic N) is 1. The van der Waals surface area contributed by atoms with Gasteiger partial charge in [0.05, 0.1) is 24.0 Å². The van der Waals surface area contributed by atoms with E-state index in [-0.39, 0.29) is 49.9 Å². The molecule has 1 spiro atoms. The Bertz CT molecular complexity index is 1320. The summed E-state index contributed by atoms with van der Waals surface area (Å²) in [6.45, 7) is 12.2. The minimum absolute atomic E-state index is 0.0226. The number of aliphatic hydroxyl groups is 1. The third-order valence-corrected chi connectivity index (χ3v) is 9.18. The van der Waals surface area contributed by atoms with Crippen LogP contribution in [0.4, 0.5) is 5.69 Å². The van der Waals surface area contributed by atoms with E-state index in [9.17, 15) is 19.5 Å². The molecule has 3 saturated heterocycles. The fourth-order valence-electron chi connectivity index (χ4n) is 7.33. The number of carbonyl (C=O) groups is 3. The molecule has 2 aromatic carbocycles. The monoisotopic (exact) mass is 557 g/mol. The van der Waals surface area contributed by atoms with Gasteiger partial charge in [-0.05, 0) is 37.0 Å². The fraction of sp³-hybridized carbons (Fsp3) is 0.424. The van der Waals surface area contributed by atoms with E-state index in [2.05, 4.69) is 13.2 Å². The van der Waals surface area contributed by atoms with Crippen molar-refractivity contribution in [2.45, 2.75) is 44.1 Å². The zero-order valence-corrected chi connectivity index (χ0v) is 23.8. The summed E-state index contributed by atoms with van der Waals surface area (Å²) in [5, 5.41) is 9.97. The van der Waals surface area contributed by atoms with Crippen molar-refractivity contribution in [2.75, 3.05) is 31.1 Å². The first kappa shape index (κ1) is 28.8. The Morgan fingerprint density at radius 2 is 1.68 bits per heavy atom. The lowest BCUT2D eigenvalue weighted by atomic mass is 9.62. The van der Waals surface area contributed by atoms with Crippen LogP contribution >= 0.6 is 0 Å². The molecule has 3 aliphatic heterocycles. The fourth-order valence-corrected chi connectivity index (χ4v) is 7.33.